The standard InChI is InChI=1S/C8H12O2/c1-4-5-7(10)8(2,3)6-9/h5-6H,2,4H2,1,3H3. The van der Waals surface area contributed by atoms with Crippen molar-refractivity contribution in [2.24, 2.45) is 5.41 Å². The minimum absolute atomic E-state index is 0.204. The van der Waals surface area contributed by atoms with Crippen molar-refractivity contribution >= 4 is 12.1 Å². The van der Waals surface area contributed by atoms with Crippen molar-refractivity contribution in [3.63, 3.8) is 0 Å². The van der Waals surface area contributed by atoms with Crippen molar-refractivity contribution in [1.29, 1.82) is 0 Å². The molecule has 0 aliphatic rings. The number of Topliss-reactive ketones (excluding diaryl/α,β-unsaturated/α-hetero) is 1. The molecule has 0 heterocycles. The van der Waals surface area contributed by atoms with E-state index in [1.807, 2.05) is 6.92 Å². The fourth-order valence-electron chi connectivity index (χ4n) is 0.477. The lowest BCUT2D eigenvalue weighted by Crippen LogP contribution is -2.25. The number of hydrogen-bond acceptors (Lipinski definition) is 2. The molecule has 0 fully saturated rings. The van der Waals surface area contributed by atoms with Gasteiger partial charge in [0.25, 0.3) is 0 Å². The number of carbonyl (C=O) groups is 2. The summed E-state index contributed by atoms with van der Waals surface area (Å²) in [5, 5.41) is 0. The van der Waals surface area contributed by atoms with E-state index in [1.54, 1.807) is 0 Å². The molecule has 0 aromatic carbocycles. The Morgan fingerprint density at radius 1 is 1.70 bits per heavy atom. The molecule has 1 unspecified atom stereocenters. The molecule has 0 saturated carbocycles. The Labute approximate surface area is 61.6 Å². The highest BCUT2D eigenvalue weighted by atomic mass is 16.1. The molecule has 0 aromatic heterocycles. The molecule has 0 aromatic rings. The van der Waals surface area contributed by atoms with Crippen molar-refractivity contribution < 1.29 is 9.59 Å². The summed E-state index contributed by atoms with van der Waals surface area (Å²) in [5.41, 5.74) is -1.07. The van der Waals surface area contributed by atoms with Crippen molar-refractivity contribution in [1.82, 2.24) is 0 Å². The Kier molecular flexibility index (Phi) is 3.26. The van der Waals surface area contributed by atoms with E-state index in [4.69, 9.17) is 0 Å². The maximum atomic E-state index is 10.9. The molecule has 0 spiro atoms. The zero-order valence-electron chi connectivity index (χ0n) is 6.39. The summed E-state index contributed by atoms with van der Waals surface area (Å²) in [6, 6.07) is 0. The highest BCUT2D eigenvalue weighted by Crippen LogP contribution is 2.14. The lowest BCUT2D eigenvalue weighted by Gasteiger charge is -2.12. The lowest BCUT2D eigenvalue weighted by molar-refractivity contribution is -0.128. The normalized spacial score (nSPS) is 11.1. The molecule has 1 atom stereocenters. The second-order valence-electron chi connectivity index (χ2n) is 2.51. The van der Waals surface area contributed by atoms with Gasteiger partial charge in [0.1, 0.15) is 12.1 Å². The molecule has 0 N–H and O–H groups in total. The zero-order valence-corrected chi connectivity index (χ0v) is 6.39. The van der Waals surface area contributed by atoms with Gasteiger partial charge in [-0.3, -0.25) is 4.79 Å². The van der Waals surface area contributed by atoms with Crippen LogP contribution in [0.15, 0.2) is 0 Å². The second kappa shape index (κ2) is 3.49. The summed E-state index contributed by atoms with van der Waals surface area (Å²) in [4.78, 5) is 21.2. The quantitative estimate of drug-likeness (QED) is 0.434. The fourth-order valence-corrected chi connectivity index (χ4v) is 0.477. The van der Waals surface area contributed by atoms with Gasteiger partial charge in [0.15, 0.2) is 0 Å². The number of hydrogen-bond donors (Lipinski definition) is 0. The van der Waals surface area contributed by atoms with Crippen LogP contribution in [0.5, 0.6) is 0 Å². The first kappa shape index (κ1) is 9.34. The van der Waals surface area contributed by atoms with Crippen LogP contribution >= 0.6 is 0 Å². The summed E-state index contributed by atoms with van der Waals surface area (Å²) < 4.78 is 0. The molecule has 10 heavy (non-hydrogen) atoms. The largest absolute Gasteiger partial charge is 0.302 e. The Bertz CT molecular complexity index is 136. The Hall–Kier alpha value is -0.660. The molecular formula is C8H12O2. The third-order valence-electron chi connectivity index (χ3n) is 1.21. The van der Waals surface area contributed by atoms with Gasteiger partial charge in [0, 0.05) is 6.42 Å². The van der Waals surface area contributed by atoms with Gasteiger partial charge in [-0.15, -0.1) is 0 Å². The van der Waals surface area contributed by atoms with E-state index < -0.39 is 5.41 Å². The second-order valence-corrected chi connectivity index (χ2v) is 2.51. The maximum absolute atomic E-state index is 10.9. The predicted molar refractivity (Wildman–Crippen MR) is 39.1 cm³/mol. The van der Waals surface area contributed by atoms with Crippen LogP contribution < -0.4 is 0 Å². The van der Waals surface area contributed by atoms with Crippen LogP contribution in [0.4, 0.5) is 0 Å². The van der Waals surface area contributed by atoms with E-state index in [9.17, 15) is 9.59 Å². The Balaban J connectivity index is 4.04. The van der Waals surface area contributed by atoms with Crippen LogP contribution in [0.2, 0.25) is 0 Å². The fraction of sp³-hybridized carbons (Fsp3) is 0.500. The summed E-state index contributed by atoms with van der Waals surface area (Å²) in [7, 11) is 0. The van der Waals surface area contributed by atoms with Gasteiger partial charge in [-0.05, 0) is 20.3 Å². The van der Waals surface area contributed by atoms with E-state index in [-0.39, 0.29) is 5.78 Å². The first-order valence-corrected chi connectivity index (χ1v) is 3.24. The average Bonchev–Trinajstić information content (AvgIpc) is 1.89. The highest BCUT2D eigenvalue weighted by molar-refractivity contribution is 6.03. The van der Waals surface area contributed by atoms with Crippen LogP contribution in [-0.2, 0) is 9.59 Å². The van der Waals surface area contributed by atoms with Crippen LogP contribution in [0.3, 0.4) is 0 Å². The lowest BCUT2D eigenvalue weighted by atomic mass is 9.88. The predicted octanol–water partition coefficient (Wildman–Crippen LogP) is 1.21. The summed E-state index contributed by atoms with van der Waals surface area (Å²) >= 11 is 0. The van der Waals surface area contributed by atoms with E-state index in [0.29, 0.717) is 12.7 Å². The average molecular weight is 140 g/mol. The minimum Gasteiger partial charge on any atom is -0.302 e. The summed E-state index contributed by atoms with van der Waals surface area (Å²) in [6.07, 6.45) is 2.70. The first-order chi connectivity index (χ1) is 4.54. The number of aldehydes is 1. The van der Waals surface area contributed by atoms with Crippen molar-refractivity contribution in [3.05, 3.63) is 13.3 Å². The van der Waals surface area contributed by atoms with Gasteiger partial charge in [0.2, 0.25) is 0 Å². The molecule has 2 radical (unpaired) electrons. The smallest absolute Gasteiger partial charge is 0.149 e. The van der Waals surface area contributed by atoms with E-state index in [2.05, 4.69) is 6.92 Å². The van der Waals surface area contributed by atoms with E-state index >= 15 is 0 Å². The van der Waals surface area contributed by atoms with Gasteiger partial charge in [-0.2, -0.15) is 0 Å². The molecule has 0 aliphatic heterocycles. The number of ketones is 1. The monoisotopic (exact) mass is 140 g/mol. The van der Waals surface area contributed by atoms with Crippen LogP contribution in [-0.4, -0.2) is 12.1 Å². The van der Waals surface area contributed by atoms with Gasteiger partial charge in [-0.1, -0.05) is 6.92 Å². The van der Waals surface area contributed by atoms with Gasteiger partial charge in [0.05, 0.1) is 5.41 Å². The molecule has 56 valence electrons. The molecular weight excluding hydrogens is 128 g/mol. The third kappa shape index (κ3) is 2.29. The summed E-state index contributed by atoms with van der Waals surface area (Å²) in [5.74, 6) is -0.204. The molecule has 0 rings (SSSR count). The number of rotatable bonds is 4. The van der Waals surface area contributed by atoms with E-state index in [1.165, 1.54) is 13.3 Å². The maximum Gasteiger partial charge on any atom is 0.149 e. The summed E-state index contributed by atoms with van der Waals surface area (Å²) in [6.45, 7) is 6.81. The molecule has 2 heteroatoms. The molecule has 2 nitrogen and oxygen atoms in total. The highest BCUT2D eigenvalue weighted by Gasteiger charge is 2.25. The van der Waals surface area contributed by atoms with Crippen LogP contribution in [0, 0.1) is 18.8 Å². The number of carbonyl (C=O) groups excluding carboxylic acids is 2. The molecule has 0 amide bonds. The van der Waals surface area contributed by atoms with Crippen LogP contribution in [0.25, 0.3) is 0 Å². The van der Waals surface area contributed by atoms with Crippen molar-refractivity contribution in [2.75, 3.05) is 0 Å². The topological polar surface area (TPSA) is 34.1 Å². The minimum atomic E-state index is -1.07. The van der Waals surface area contributed by atoms with Gasteiger partial charge in [-0.25, -0.2) is 0 Å². The van der Waals surface area contributed by atoms with Crippen molar-refractivity contribution in [2.45, 2.75) is 20.3 Å². The zero-order chi connectivity index (χ0) is 8.20. The van der Waals surface area contributed by atoms with Crippen LogP contribution in [0.1, 0.15) is 20.3 Å². The van der Waals surface area contributed by atoms with Crippen molar-refractivity contribution in [3.8, 4) is 0 Å². The van der Waals surface area contributed by atoms with E-state index in [0.717, 1.165) is 0 Å². The Morgan fingerprint density at radius 2 is 2.20 bits per heavy atom. The molecule has 0 aliphatic carbocycles. The van der Waals surface area contributed by atoms with Gasteiger partial charge >= 0.3 is 0 Å². The molecule has 0 saturated heterocycles. The third-order valence-corrected chi connectivity index (χ3v) is 1.21. The SMILES string of the molecule is [CH2]C(C)(C=O)C(=O)[CH]CC. The van der Waals surface area contributed by atoms with Gasteiger partial charge < -0.3 is 4.79 Å². The molecule has 0 bridgehead atoms. The Morgan fingerprint density at radius 3 is 2.50 bits per heavy atom. The first-order valence-electron chi connectivity index (χ1n) is 3.24.